The predicted octanol–water partition coefficient (Wildman–Crippen LogP) is 2.52. The Morgan fingerprint density at radius 1 is 1.24 bits per heavy atom. The summed E-state index contributed by atoms with van der Waals surface area (Å²) in [6.07, 6.45) is 6.93. The van der Waals surface area contributed by atoms with E-state index in [1.807, 2.05) is 18.2 Å². The third-order valence-electron chi connectivity index (χ3n) is 3.10. The van der Waals surface area contributed by atoms with E-state index < -0.39 is 0 Å². The van der Waals surface area contributed by atoms with E-state index in [4.69, 9.17) is 15.2 Å². The van der Waals surface area contributed by atoms with Gasteiger partial charge in [-0.15, -0.1) is 0 Å². The molecule has 1 unspecified atom stereocenters. The first kappa shape index (κ1) is 15.3. The molecule has 112 valence electrons. The summed E-state index contributed by atoms with van der Waals surface area (Å²) in [6.45, 7) is 2.75. The van der Waals surface area contributed by atoms with Crippen LogP contribution in [-0.2, 0) is 6.42 Å². The molecule has 0 saturated carbocycles. The van der Waals surface area contributed by atoms with Crippen molar-refractivity contribution in [1.82, 2.24) is 9.97 Å². The number of hydrogen-bond acceptors (Lipinski definition) is 5. The molecule has 0 bridgehead atoms. The second kappa shape index (κ2) is 7.59. The van der Waals surface area contributed by atoms with Gasteiger partial charge in [0, 0.05) is 24.5 Å². The Bertz CT molecular complexity index is 558. The Kier molecular flexibility index (Phi) is 5.51. The molecule has 5 nitrogen and oxygen atoms in total. The lowest BCUT2D eigenvalue weighted by Gasteiger charge is -2.13. The Morgan fingerprint density at radius 2 is 2.10 bits per heavy atom. The molecule has 2 aromatic rings. The average molecular weight is 287 g/mol. The van der Waals surface area contributed by atoms with E-state index in [2.05, 4.69) is 16.9 Å². The Balaban J connectivity index is 2.03. The van der Waals surface area contributed by atoms with Gasteiger partial charge in [-0.2, -0.15) is 0 Å². The number of ether oxygens (including phenoxy) is 2. The highest BCUT2D eigenvalue weighted by molar-refractivity contribution is 5.28. The van der Waals surface area contributed by atoms with Crippen LogP contribution in [0, 0.1) is 0 Å². The Hall–Kier alpha value is -2.14. The molecule has 0 aliphatic carbocycles. The molecule has 0 amide bonds. The molecule has 0 radical (unpaired) electrons. The van der Waals surface area contributed by atoms with Crippen LogP contribution in [0.15, 0.2) is 36.8 Å². The fourth-order valence-electron chi connectivity index (χ4n) is 1.96. The summed E-state index contributed by atoms with van der Waals surface area (Å²) in [5, 5.41) is 0. The lowest BCUT2D eigenvalue weighted by atomic mass is 10.0. The van der Waals surface area contributed by atoms with E-state index in [0.29, 0.717) is 18.9 Å². The fraction of sp³-hybridized carbons (Fsp3) is 0.375. The monoisotopic (exact) mass is 287 g/mol. The number of methoxy groups -OCH3 is 1. The van der Waals surface area contributed by atoms with Gasteiger partial charge in [-0.25, -0.2) is 4.98 Å². The van der Waals surface area contributed by atoms with E-state index >= 15 is 0 Å². The zero-order valence-electron chi connectivity index (χ0n) is 12.5. The molecule has 2 N–H and O–H groups in total. The summed E-state index contributed by atoms with van der Waals surface area (Å²) in [6, 6.07) is 5.61. The van der Waals surface area contributed by atoms with Gasteiger partial charge >= 0.3 is 0 Å². The molecule has 0 aliphatic rings. The minimum atomic E-state index is -0.141. The van der Waals surface area contributed by atoms with Gasteiger partial charge in [-0.3, -0.25) is 4.98 Å². The van der Waals surface area contributed by atoms with Crippen LogP contribution in [0.2, 0.25) is 0 Å². The summed E-state index contributed by atoms with van der Waals surface area (Å²) in [5.41, 5.74) is 8.26. The molecule has 5 heteroatoms. The van der Waals surface area contributed by atoms with Crippen LogP contribution < -0.4 is 15.2 Å². The zero-order chi connectivity index (χ0) is 15.1. The molecule has 1 atom stereocenters. The van der Waals surface area contributed by atoms with E-state index in [1.54, 1.807) is 25.7 Å². The van der Waals surface area contributed by atoms with E-state index in [1.165, 1.54) is 0 Å². The minimum absolute atomic E-state index is 0.141. The molecular weight excluding hydrogens is 266 g/mol. The van der Waals surface area contributed by atoms with E-state index in [0.717, 1.165) is 23.3 Å². The first-order chi connectivity index (χ1) is 10.2. The Labute approximate surface area is 125 Å². The van der Waals surface area contributed by atoms with Crippen LogP contribution in [0.1, 0.15) is 30.5 Å². The van der Waals surface area contributed by atoms with Crippen molar-refractivity contribution in [2.75, 3.05) is 13.7 Å². The van der Waals surface area contributed by atoms with Crippen molar-refractivity contribution in [3.63, 3.8) is 0 Å². The number of aromatic nitrogens is 2. The summed E-state index contributed by atoms with van der Waals surface area (Å²) in [7, 11) is 1.60. The molecule has 0 spiro atoms. The largest absolute Gasteiger partial charge is 0.492 e. The van der Waals surface area contributed by atoms with Gasteiger partial charge in [-0.05, 0) is 30.0 Å². The molecule has 0 fully saturated rings. The first-order valence-electron chi connectivity index (χ1n) is 7.05. The molecule has 0 aliphatic heterocycles. The summed E-state index contributed by atoms with van der Waals surface area (Å²) in [5.74, 6) is 1.36. The van der Waals surface area contributed by atoms with Gasteiger partial charge in [0.05, 0.1) is 19.9 Å². The van der Waals surface area contributed by atoms with E-state index in [-0.39, 0.29) is 6.04 Å². The van der Waals surface area contributed by atoms with Crippen LogP contribution in [0.3, 0.4) is 0 Å². The van der Waals surface area contributed by atoms with Crippen molar-refractivity contribution < 1.29 is 9.47 Å². The molecule has 21 heavy (non-hydrogen) atoms. The normalized spacial score (nSPS) is 12.0. The predicted molar refractivity (Wildman–Crippen MR) is 81.4 cm³/mol. The van der Waals surface area contributed by atoms with Crippen molar-refractivity contribution in [2.24, 2.45) is 5.73 Å². The lowest BCUT2D eigenvalue weighted by molar-refractivity contribution is 0.315. The second-order valence-corrected chi connectivity index (χ2v) is 4.82. The molecule has 2 heterocycles. The number of hydrogen-bond donors (Lipinski definition) is 1. The lowest BCUT2D eigenvalue weighted by Crippen LogP contribution is -2.14. The molecule has 2 aromatic heterocycles. The highest BCUT2D eigenvalue weighted by Gasteiger charge is 2.09. The maximum absolute atomic E-state index is 6.24. The standard InChI is InChI=1S/C16H21N3O2/c1-3-6-21-14-8-13(10-18-11-14)15(17)7-12-4-5-16(20-2)19-9-12/h4-5,8-11,15H,3,6-7,17H2,1-2H3. The quantitative estimate of drug-likeness (QED) is 0.847. The van der Waals surface area contributed by atoms with Crippen molar-refractivity contribution in [3.8, 4) is 11.6 Å². The fourth-order valence-corrected chi connectivity index (χ4v) is 1.96. The zero-order valence-corrected chi connectivity index (χ0v) is 12.5. The van der Waals surface area contributed by atoms with Crippen LogP contribution in [0.25, 0.3) is 0 Å². The van der Waals surface area contributed by atoms with Crippen LogP contribution in [0.4, 0.5) is 0 Å². The van der Waals surface area contributed by atoms with Crippen LogP contribution >= 0.6 is 0 Å². The van der Waals surface area contributed by atoms with Gasteiger partial charge < -0.3 is 15.2 Å². The third-order valence-corrected chi connectivity index (χ3v) is 3.10. The second-order valence-electron chi connectivity index (χ2n) is 4.82. The Morgan fingerprint density at radius 3 is 2.76 bits per heavy atom. The SMILES string of the molecule is CCCOc1cncc(C(N)Cc2ccc(OC)nc2)c1. The first-order valence-corrected chi connectivity index (χ1v) is 7.05. The maximum Gasteiger partial charge on any atom is 0.212 e. The van der Waals surface area contributed by atoms with Crippen molar-refractivity contribution >= 4 is 0 Å². The topological polar surface area (TPSA) is 70.3 Å². The third kappa shape index (κ3) is 4.43. The summed E-state index contributed by atoms with van der Waals surface area (Å²) < 4.78 is 10.6. The van der Waals surface area contributed by atoms with Crippen molar-refractivity contribution in [1.29, 1.82) is 0 Å². The summed E-state index contributed by atoms with van der Waals surface area (Å²) in [4.78, 5) is 8.37. The molecular formula is C16H21N3O2. The minimum Gasteiger partial charge on any atom is -0.492 e. The highest BCUT2D eigenvalue weighted by atomic mass is 16.5. The summed E-state index contributed by atoms with van der Waals surface area (Å²) >= 11 is 0. The van der Waals surface area contributed by atoms with Crippen molar-refractivity contribution in [3.05, 3.63) is 47.9 Å². The van der Waals surface area contributed by atoms with Gasteiger partial charge in [0.15, 0.2) is 0 Å². The number of rotatable bonds is 7. The van der Waals surface area contributed by atoms with E-state index in [9.17, 15) is 0 Å². The number of pyridine rings is 2. The van der Waals surface area contributed by atoms with Crippen LogP contribution in [0.5, 0.6) is 11.6 Å². The maximum atomic E-state index is 6.24. The van der Waals surface area contributed by atoms with Gasteiger partial charge in [-0.1, -0.05) is 13.0 Å². The number of nitrogens with zero attached hydrogens (tertiary/aromatic N) is 2. The number of nitrogens with two attached hydrogens (primary N) is 1. The van der Waals surface area contributed by atoms with Gasteiger partial charge in [0.1, 0.15) is 5.75 Å². The molecule has 2 rings (SSSR count). The average Bonchev–Trinajstić information content (AvgIpc) is 2.54. The van der Waals surface area contributed by atoms with Crippen molar-refractivity contribution in [2.45, 2.75) is 25.8 Å². The molecule has 0 saturated heterocycles. The smallest absolute Gasteiger partial charge is 0.212 e. The highest BCUT2D eigenvalue weighted by Crippen LogP contribution is 2.20. The van der Waals surface area contributed by atoms with Gasteiger partial charge in [0.2, 0.25) is 5.88 Å². The molecule has 0 aromatic carbocycles. The van der Waals surface area contributed by atoms with Gasteiger partial charge in [0.25, 0.3) is 0 Å². The van der Waals surface area contributed by atoms with Crippen LogP contribution in [-0.4, -0.2) is 23.7 Å².